The first-order chi connectivity index (χ1) is 15.1. The summed E-state index contributed by atoms with van der Waals surface area (Å²) in [5, 5.41) is 1.54. The Hall–Kier alpha value is -2.96. The molecule has 0 atom stereocenters. The number of benzene rings is 1. The van der Waals surface area contributed by atoms with Crippen molar-refractivity contribution in [3.63, 3.8) is 0 Å². The van der Waals surface area contributed by atoms with Crippen LogP contribution in [0.15, 0.2) is 35.5 Å². The Labute approximate surface area is 186 Å². The molecule has 0 aliphatic carbocycles. The molecule has 1 aliphatic heterocycles. The van der Waals surface area contributed by atoms with E-state index in [0.29, 0.717) is 43.1 Å². The molecule has 0 radical (unpaired) electrons. The first-order valence-corrected chi connectivity index (χ1v) is 11.4. The van der Waals surface area contributed by atoms with E-state index in [1.54, 1.807) is 25.8 Å². The molecule has 12 heteroatoms. The van der Waals surface area contributed by atoms with Crippen molar-refractivity contribution in [2.45, 2.75) is 50.7 Å². The minimum atomic E-state index is -4.28. The van der Waals surface area contributed by atoms with Gasteiger partial charge in [0.25, 0.3) is 10.1 Å². The van der Waals surface area contributed by atoms with Crippen LogP contribution in [0, 0.1) is 6.92 Å². The normalized spacial score (nSPS) is 15.4. The van der Waals surface area contributed by atoms with E-state index < -0.39 is 16.3 Å². The third kappa shape index (κ3) is 6.52. The highest BCUT2D eigenvalue weighted by Gasteiger charge is 2.25. The van der Waals surface area contributed by atoms with Crippen LogP contribution in [0.4, 0.5) is 4.79 Å². The lowest BCUT2D eigenvalue weighted by atomic mass is 10.1. The second kappa shape index (κ2) is 10.1. The van der Waals surface area contributed by atoms with Crippen LogP contribution < -0.4 is 9.47 Å². The number of nitrogens with zero attached hydrogens (tertiary/aromatic N) is 3. The zero-order valence-corrected chi connectivity index (χ0v) is 18.7. The number of rotatable bonds is 7. The van der Waals surface area contributed by atoms with Crippen LogP contribution in [0.1, 0.15) is 32.3 Å². The highest BCUT2D eigenvalue weighted by Crippen LogP contribution is 2.29. The number of ether oxygens (including phenoxy) is 3. The van der Waals surface area contributed by atoms with Gasteiger partial charge in [-0.25, -0.2) is 14.8 Å². The van der Waals surface area contributed by atoms with Gasteiger partial charge in [-0.1, -0.05) is 0 Å². The first kappa shape index (κ1) is 23.7. The second-order valence-corrected chi connectivity index (χ2v) is 8.83. The molecule has 3 rings (SSSR count). The van der Waals surface area contributed by atoms with Gasteiger partial charge in [-0.3, -0.25) is 4.55 Å². The summed E-state index contributed by atoms with van der Waals surface area (Å²) in [6.45, 7) is 6.23. The van der Waals surface area contributed by atoms with Crippen LogP contribution in [0.3, 0.4) is 0 Å². The average Bonchev–Trinajstić information content (AvgIpc) is 2.71. The molecular weight excluding hydrogens is 442 g/mol. The van der Waals surface area contributed by atoms with Crippen molar-refractivity contribution < 1.29 is 36.8 Å². The standard InChI is InChI=1S/C20H25N3O8S/c1-13(2)28-20(24)31-23-10-8-16(9-11-23)30-19-14(3)18(21-12-22-19)29-15-4-6-17(7-5-15)32(25,26)27/h4-7,12-13,16H,8-11H2,1-3H3,(H,25,26,27). The summed E-state index contributed by atoms with van der Waals surface area (Å²) < 4.78 is 48.0. The summed E-state index contributed by atoms with van der Waals surface area (Å²) in [7, 11) is -4.28. The van der Waals surface area contributed by atoms with Crippen molar-refractivity contribution in [3.8, 4) is 17.5 Å². The monoisotopic (exact) mass is 467 g/mol. The van der Waals surface area contributed by atoms with Crippen molar-refractivity contribution in [2.75, 3.05) is 13.1 Å². The van der Waals surface area contributed by atoms with Gasteiger partial charge < -0.3 is 19.0 Å². The van der Waals surface area contributed by atoms with E-state index in [0.717, 1.165) is 0 Å². The quantitative estimate of drug-likeness (QED) is 0.475. The Morgan fingerprint density at radius 1 is 1.12 bits per heavy atom. The van der Waals surface area contributed by atoms with Crippen LogP contribution >= 0.6 is 0 Å². The molecule has 174 valence electrons. The van der Waals surface area contributed by atoms with E-state index in [4.69, 9.17) is 23.6 Å². The van der Waals surface area contributed by atoms with Gasteiger partial charge in [-0.05, 0) is 45.0 Å². The van der Waals surface area contributed by atoms with Crippen molar-refractivity contribution >= 4 is 16.3 Å². The number of hydroxylamine groups is 2. The van der Waals surface area contributed by atoms with Crippen LogP contribution in [-0.2, 0) is 19.7 Å². The van der Waals surface area contributed by atoms with Crippen molar-refractivity contribution in [1.82, 2.24) is 15.0 Å². The predicted molar refractivity (Wildman–Crippen MR) is 111 cm³/mol. The molecule has 11 nitrogen and oxygen atoms in total. The average molecular weight is 468 g/mol. The summed E-state index contributed by atoms with van der Waals surface area (Å²) in [6, 6.07) is 5.27. The van der Waals surface area contributed by atoms with E-state index in [2.05, 4.69) is 9.97 Å². The molecule has 1 saturated heterocycles. The van der Waals surface area contributed by atoms with Gasteiger partial charge in [0.15, 0.2) is 0 Å². The fraction of sp³-hybridized carbons (Fsp3) is 0.450. The predicted octanol–water partition coefficient (Wildman–Crippen LogP) is 3.14. The molecule has 32 heavy (non-hydrogen) atoms. The van der Waals surface area contributed by atoms with Crippen molar-refractivity contribution in [2.24, 2.45) is 0 Å². The molecule has 0 saturated carbocycles. The molecule has 0 unspecified atom stereocenters. The first-order valence-electron chi connectivity index (χ1n) is 9.99. The SMILES string of the molecule is Cc1c(Oc2ccc(S(=O)(=O)O)cc2)ncnc1OC1CCN(OC(=O)OC(C)C)CC1. The summed E-state index contributed by atoms with van der Waals surface area (Å²) in [4.78, 5) is 24.8. The number of aromatic nitrogens is 2. The van der Waals surface area contributed by atoms with Crippen LogP contribution in [0.25, 0.3) is 0 Å². The summed E-state index contributed by atoms with van der Waals surface area (Å²) in [6.07, 6.45) is 1.44. The molecule has 0 bridgehead atoms. The Bertz CT molecular complexity index is 1040. The van der Waals surface area contributed by atoms with Gasteiger partial charge in [0.2, 0.25) is 11.8 Å². The van der Waals surface area contributed by atoms with Gasteiger partial charge in [0, 0.05) is 25.9 Å². The summed E-state index contributed by atoms with van der Waals surface area (Å²) in [5.74, 6) is 0.957. The maximum absolute atomic E-state index is 11.6. The molecule has 1 N–H and O–H groups in total. The van der Waals surface area contributed by atoms with Gasteiger partial charge in [0.1, 0.15) is 18.2 Å². The van der Waals surface area contributed by atoms with Crippen LogP contribution in [-0.4, -0.2) is 59.5 Å². The molecule has 1 aliphatic rings. The Balaban J connectivity index is 1.58. The minimum Gasteiger partial charge on any atom is -0.474 e. The zero-order valence-electron chi connectivity index (χ0n) is 17.9. The highest BCUT2D eigenvalue weighted by atomic mass is 32.2. The molecular formula is C20H25N3O8S. The third-order valence-electron chi connectivity index (χ3n) is 4.54. The second-order valence-electron chi connectivity index (χ2n) is 7.41. The lowest BCUT2D eigenvalue weighted by Gasteiger charge is -2.30. The number of hydrogen-bond acceptors (Lipinski definition) is 10. The molecule has 2 aromatic rings. The number of hydrogen-bond donors (Lipinski definition) is 1. The van der Waals surface area contributed by atoms with E-state index >= 15 is 0 Å². The maximum Gasteiger partial charge on any atom is 0.528 e. The van der Waals surface area contributed by atoms with E-state index in [1.165, 1.54) is 30.6 Å². The molecule has 1 aromatic heterocycles. The van der Waals surface area contributed by atoms with Gasteiger partial charge in [0.05, 0.1) is 16.6 Å². The Morgan fingerprint density at radius 3 is 2.34 bits per heavy atom. The molecule has 1 aromatic carbocycles. The molecule has 2 heterocycles. The smallest absolute Gasteiger partial charge is 0.474 e. The van der Waals surface area contributed by atoms with Gasteiger partial charge in [-0.2, -0.15) is 8.42 Å². The topological polar surface area (TPSA) is 137 Å². The number of carbonyl (C=O) groups is 1. The van der Waals surface area contributed by atoms with Gasteiger partial charge >= 0.3 is 6.16 Å². The van der Waals surface area contributed by atoms with E-state index in [9.17, 15) is 13.2 Å². The Morgan fingerprint density at radius 2 is 1.75 bits per heavy atom. The Kier molecular flexibility index (Phi) is 7.48. The maximum atomic E-state index is 11.6. The highest BCUT2D eigenvalue weighted by molar-refractivity contribution is 7.85. The fourth-order valence-corrected chi connectivity index (χ4v) is 3.43. The minimum absolute atomic E-state index is 0.133. The molecule has 0 amide bonds. The van der Waals surface area contributed by atoms with Crippen molar-refractivity contribution in [3.05, 3.63) is 36.2 Å². The van der Waals surface area contributed by atoms with Crippen molar-refractivity contribution in [1.29, 1.82) is 0 Å². The van der Waals surface area contributed by atoms with E-state index in [1.807, 2.05) is 0 Å². The number of piperidine rings is 1. The van der Waals surface area contributed by atoms with Crippen LogP contribution in [0.2, 0.25) is 0 Å². The number of carbonyl (C=O) groups excluding carboxylic acids is 1. The zero-order chi connectivity index (χ0) is 23.3. The summed E-state index contributed by atoms with van der Waals surface area (Å²) in [5.41, 5.74) is 0.575. The molecule has 0 spiro atoms. The largest absolute Gasteiger partial charge is 0.528 e. The summed E-state index contributed by atoms with van der Waals surface area (Å²) >= 11 is 0. The lowest BCUT2D eigenvalue weighted by molar-refractivity contribution is -0.151. The fourth-order valence-electron chi connectivity index (χ4n) is 2.95. The van der Waals surface area contributed by atoms with Gasteiger partial charge in [-0.15, -0.1) is 5.06 Å². The van der Waals surface area contributed by atoms with E-state index in [-0.39, 0.29) is 23.0 Å². The molecule has 1 fully saturated rings. The lowest BCUT2D eigenvalue weighted by Crippen LogP contribution is -2.40. The third-order valence-corrected chi connectivity index (χ3v) is 5.41. The van der Waals surface area contributed by atoms with Crippen LogP contribution in [0.5, 0.6) is 17.5 Å².